The lowest BCUT2D eigenvalue weighted by atomic mass is 9.82. The summed E-state index contributed by atoms with van der Waals surface area (Å²) in [5, 5.41) is 0. The third-order valence-electron chi connectivity index (χ3n) is 5.74. The van der Waals surface area contributed by atoms with E-state index in [9.17, 15) is 13.6 Å². The van der Waals surface area contributed by atoms with Crippen LogP contribution in [0.3, 0.4) is 0 Å². The Morgan fingerprint density at radius 2 is 2.04 bits per heavy atom. The first-order valence-corrected chi connectivity index (χ1v) is 10.1. The van der Waals surface area contributed by atoms with Gasteiger partial charge in [0.05, 0.1) is 10.0 Å². The van der Waals surface area contributed by atoms with Gasteiger partial charge >= 0.3 is 0 Å². The number of carbonyl (C=O) groups excluding carboxylic acids is 1. The molecule has 4 rings (SSSR count). The minimum atomic E-state index is -0.426. The zero-order valence-corrected chi connectivity index (χ0v) is 17.1. The van der Waals surface area contributed by atoms with Crippen molar-refractivity contribution in [2.45, 2.75) is 37.9 Å². The standard InChI is InChI=1S/C22H21BrF2N2O/c1-15-13-22(8-7-21(28)27(22)18-4-2-3-17(24)12-18)9-10-26(15)14-16-5-6-20(25)19(23)11-16/h2-8,11-12,15H,9-10,13-14H2,1H3. The largest absolute Gasteiger partial charge is 0.299 e. The topological polar surface area (TPSA) is 23.6 Å². The number of piperidine rings is 1. The number of nitrogens with zero attached hydrogens (tertiary/aromatic N) is 2. The minimum Gasteiger partial charge on any atom is -0.299 e. The number of amides is 1. The molecule has 2 aromatic carbocycles. The molecule has 0 aromatic heterocycles. The fourth-order valence-electron chi connectivity index (χ4n) is 4.36. The smallest absolute Gasteiger partial charge is 0.251 e. The van der Waals surface area contributed by atoms with Crippen molar-refractivity contribution in [1.82, 2.24) is 4.90 Å². The normalized spacial score (nSPS) is 25.1. The van der Waals surface area contributed by atoms with E-state index in [1.54, 1.807) is 29.2 Å². The predicted molar refractivity (Wildman–Crippen MR) is 109 cm³/mol. The minimum absolute atomic E-state index is 0.103. The summed E-state index contributed by atoms with van der Waals surface area (Å²) < 4.78 is 27.7. The number of anilines is 1. The van der Waals surface area contributed by atoms with Crippen molar-refractivity contribution in [3.8, 4) is 0 Å². The summed E-state index contributed by atoms with van der Waals surface area (Å²) in [5.41, 5.74) is 1.21. The Bertz CT molecular complexity index is 948. The molecule has 146 valence electrons. The quantitative estimate of drug-likeness (QED) is 0.658. The van der Waals surface area contributed by atoms with Crippen molar-refractivity contribution >= 4 is 27.5 Å². The van der Waals surface area contributed by atoms with Crippen LogP contribution in [0.15, 0.2) is 59.1 Å². The van der Waals surface area contributed by atoms with E-state index in [1.807, 2.05) is 12.1 Å². The molecule has 0 radical (unpaired) electrons. The first-order chi connectivity index (χ1) is 13.4. The van der Waals surface area contributed by atoms with E-state index in [4.69, 9.17) is 0 Å². The lowest BCUT2D eigenvalue weighted by Gasteiger charge is -2.47. The molecule has 6 heteroatoms. The molecule has 1 amide bonds. The Morgan fingerprint density at radius 3 is 2.75 bits per heavy atom. The molecule has 0 aliphatic carbocycles. The van der Waals surface area contributed by atoms with Crippen LogP contribution in [0.5, 0.6) is 0 Å². The maximum Gasteiger partial charge on any atom is 0.251 e. The van der Waals surface area contributed by atoms with Crippen LogP contribution < -0.4 is 4.90 Å². The Labute approximate surface area is 171 Å². The molecule has 1 saturated heterocycles. The Balaban J connectivity index is 1.54. The number of carbonyl (C=O) groups is 1. The number of hydrogen-bond donors (Lipinski definition) is 0. The third kappa shape index (κ3) is 3.51. The van der Waals surface area contributed by atoms with Crippen molar-refractivity contribution in [3.05, 3.63) is 76.3 Å². The van der Waals surface area contributed by atoms with Crippen molar-refractivity contribution < 1.29 is 13.6 Å². The molecule has 0 bridgehead atoms. The second kappa shape index (κ2) is 7.41. The van der Waals surface area contributed by atoms with E-state index < -0.39 is 5.54 Å². The summed E-state index contributed by atoms with van der Waals surface area (Å²) in [6.07, 6.45) is 5.10. The van der Waals surface area contributed by atoms with Crippen molar-refractivity contribution in [2.24, 2.45) is 0 Å². The van der Waals surface area contributed by atoms with E-state index in [0.29, 0.717) is 16.7 Å². The van der Waals surface area contributed by atoms with Gasteiger partial charge in [-0.3, -0.25) is 14.6 Å². The maximum absolute atomic E-state index is 13.7. The fraction of sp³-hybridized carbons (Fsp3) is 0.318. The zero-order valence-electron chi connectivity index (χ0n) is 15.5. The average Bonchev–Trinajstić information content (AvgIpc) is 2.96. The van der Waals surface area contributed by atoms with Gasteiger partial charge in [-0.1, -0.05) is 18.2 Å². The molecule has 2 atom stereocenters. The SMILES string of the molecule is CC1CC2(C=CC(=O)N2c2cccc(F)c2)CCN1Cc1ccc(F)c(Br)c1. The summed E-state index contributed by atoms with van der Waals surface area (Å²) in [6, 6.07) is 11.5. The highest BCUT2D eigenvalue weighted by Gasteiger charge is 2.46. The molecule has 2 aromatic rings. The van der Waals surface area contributed by atoms with Crippen LogP contribution in [0.4, 0.5) is 14.5 Å². The third-order valence-corrected chi connectivity index (χ3v) is 6.35. The average molecular weight is 447 g/mol. The monoisotopic (exact) mass is 446 g/mol. The molecule has 2 aliphatic heterocycles. The van der Waals surface area contributed by atoms with Crippen molar-refractivity contribution in [3.63, 3.8) is 0 Å². The first-order valence-electron chi connectivity index (χ1n) is 9.35. The van der Waals surface area contributed by atoms with Crippen LogP contribution >= 0.6 is 15.9 Å². The molecule has 3 nitrogen and oxygen atoms in total. The Hall–Kier alpha value is -2.05. The number of hydrogen-bond acceptors (Lipinski definition) is 2. The molecule has 2 unspecified atom stereocenters. The highest BCUT2D eigenvalue weighted by Crippen LogP contribution is 2.41. The van der Waals surface area contributed by atoms with Crippen LogP contribution in [0.25, 0.3) is 0 Å². The zero-order chi connectivity index (χ0) is 19.9. The van der Waals surface area contributed by atoms with E-state index in [2.05, 4.69) is 27.8 Å². The van der Waals surface area contributed by atoms with Gasteiger partial charge in [0.1, 0.15) is 11.6 Å². The summed E-state index contributed by atoms with van der Waals surface area (Å²) in [4.78, 5) is 16.6. The summed E-state index contributed by atoms with van der Waals surface area (Å²) in [6.45, 7) is 3.65. The van der Waals surface area contributed by atoms with Gasteiger partial charge in [-0.15, -0.1) is 0 Å². The molecule has 28 heavy (non-hydrogen) atoms. The lowest BCUT2D eigenvalue weighted by molar-refractivity contribution is -0.114. The highest BCUT2D eigenvalue weighted by atomic mass is 79.9. The molecule has 2 heterocycles. The predicted octanol–water partition coefficient (Wildman–Crippen LogP) is 5.05. The van der Waals surface area contributed by atoms with Gasteiger partial charge in [0.25, 0.3) is 5.91 Å². The summed E-state index contributed by atoms with van der Waals surface area (Å²) >= 11 is 3.24. The van der Waals surface area contributed by atoms with Crippen LogP contribution in [-0.2, 0) is 11.3 Å². The molecule has 0 saturated carbocycles. The van der Waals surface area contributed by atoms with Gasteiger partial charge < -0.3 is 0 Å². The maximum atomic E-state index is 13.7. The first kappa shape index (κ1) is 19.3. The Morgan fingerprint density at radius 1 is 1.21 bits per heavy atom. The van der Waals surface area contributed by atoms with Crippen molar-refractivity contribution in [2.75, 3.05) is 11.4 Å². The van der Waals surface area contributed by atoms with E-state index in [-0.39, 0.29) is 23.6 Å². The fourth-order valence-corrected chi connectivity index (χ4v) is 4.78. The van der Waals surface area contributed by atoms with Gasteiger partial charge in [-0.25, -0.2) is 8.78 Å². The second-order valence-electron chi connectivity index (χ2n) is 7.61. The van der Waals surface area contributed by atoms with Crippen LogP contribution in [0.1, 0.15) is 25.3 Å². The van der Waals surface area contributed by atoms with Crippen LogP contribution in [-0.4, -0.2) is 28.9 Å². The number of likely N-dealkylation sites (tertiary alicyclic amines) is 1. The molecular formula is C22H21BrF2N2O. The van der Waals surface area contributed by atoms with Crippen LogP contribution in [0.2, 0.25) is 0 Å². The van der Waals surface area contributed by atoms with Gasteiger partial charge in [0.15, 0.2) is 0 Å². The number of benzene rings is 2. The molecule has 0 N–H and O–H groups in total. The summed E-state index contributed by atoms with van der Waals surface area (Å²) in [7, 11) is 0. The summed E-state index contributed by atoms with van der Waals surface area (Å²) in [5.74, 6) is -0.719. The highest BCUT2D eigenvalue weighted by molar-refractivity contribution is 9.10. The lowest BCUT2D eigenvalue weighted by Crippen LogP contribution is -2.56. The van der Waals surface area contributed by atoms with Crippen molar-refractivity contribution in [1.29, 1.82) is 0 Å². The molecule has 1 fully saturated rings. The van der Waals surface area contributed by atoms with E-state index >= 15 is 0 Å². The number of halogens is 3. The molecule has 1 spiro atoms. The van der Waals surface area contributed by atoms with Crippen LogP contribution in [0, 0.1) is 11.6 Å². The van der Waals surface area contributed by atoms with Gasteiger partial charge in [0.2, 0.25) is 0 Å². The Kier molecular flexibility index (Phi) is 5.10. The van der Waals surface area contributed by atoms with Gasteiger partial charge in [-0.2, -0.15) is 0 Å². The van der Waals surface area contributed by atoms with E-state index in [1.165, 1.54) is 18.2 Å². The van der Waals surface area contributed by atoms with Gasteiger partial charge in [0, 0.05) is 30.9 Å². The molecule has 2 aliphatic rings. The number of rotatable bonds is 3. The molecular weight excluding hydrogens is 426 g/mol. The van der Waals surface area contributed by atoms with Gasteiger partial charge in [-0.05, 0) is 71.6 Å². The second-order valence-corrected chi connectivity index (χ2v) is 8.47. The van der Waals surface area contributed by atoms with E-state index in [0.717, 1.165) is 24.9 Å².